The lowest BCUT2D eigenvalue weighted by molar-refractivity contribution is -0.124. The average Bonchev–Trinajstić information content (AvgIpc) is 3.45. The third-order valence-corrected chi connectivity index (χ3v) is 7.81. The van der Waals surface area contributed by atoms with Crippen LogP contribution in [-0.2, 0) is 32.6 Å². The molecule has 4 rings (SSSR count). The van der Waals surface area contributed by atoms with E-state index in [1.54, 1.807) is 42.1 Å². The van der Waals surface area contributed by atoms with Crippen LogP contribution in [0, 0.1) is 0 Å². The number of nitrogens with zero attached hydrogens (tertiary/aromatic N) is 4. The Morgan fingerprint density at radius 3 is 2.91 bits per heavy atom. The quantitative estimate of drug-likeness (QED) is 0.461. The van der Waals surface area contributed by atoms with Crippen molar-refractivity contribution < 1.29 is 17.9 Å². The van der Waals surface area contributed by atoms with Crippen LogP contribution in [0.5, 0.6) is 0 Å². The van der Waals surface area contributed by atoms with E-state index in [1.165, 1.54) is 10.4 Å². The maximum Gasteiger partial charge on any atom is 0.243 e. The average molecular weight is 492 g/mol. The van der Waals surface area contributed by atoms with E-state index in [1.807, 2.05) is 6.07 Å². The van der Waals surface area contributed by atoms with Crippen LogP contribution < -0.4 is 5.32 Å². The minimum absolute atomic E-state index is 0.105. The Bertz CT molecular complexity index is 1250. The van der Waals surface area contributed by atoms with Crippen molar-refractivity contribution in [2.24, 2.45) is 0 Å². The van der Waals surface area contributed by atoms with Gasteiger partial charge in [0.2, 0.25) is 15.9 Å². The van der Waals surface area contributed by atoms with Gasteiger partial charge in [0.25, 0.3) is 0 Å². The van der Waals surface area contributed by atoms with Gasteiger partial charge >= 0.3 is 0 Å². The molecule has 0 bridgehead atoms. The fraction of sp³-hybridized carbons (Fsp3) is 0.409. The smallest absolute Gasteiger partial charge is 0.243 e. The first kappa shape index (κ1) is 23.6. The fourth-order valence-electron chi connectivity index (χ4n) is 4.02. The molecule has 0 aliphatic carbocycles. The Morgan fingerprint density at radius 1 is 1.27 bits per heavy atom. The molecule has 11 heteroatoms. The number of carbonyl (C=O) groups excluding carboxylic acids is 1. The zero-order chi connectivity index (χ0) is 23.4. The van der Waals surface area contributed by atoms with Crippen LogP contribution in [0.15, 0.2) is 47.4 Å². The maximum atomic E-state index is 13.4. The molecule has 0 spiro atoms. The second-order valence-corrected chi connectivity index (χ2v) is 10.3. The molecule has 0 radical (unpaired) electrons. The highest BCUT2D eigenvalue weighted by Crippen LogP contribution is 2.28. The summed E-state index contributed by atoms with van der Waals surface area (Å²) in [6.45, 7) is 1.79. The third-order valence-electron chi connectivity index (χ3n) is 5.67. The van der Waals surface area contributed by atoms with E-state index in [0.29, 0.717) is 43.1 Å². The molecule has 3 aromatic rings. The van der Waals surface area contributed by atoms with Gasteiger partial charge in [0.05, 0.1) is 10.4 Å². The first-order valence-corrected chi connectivity index (χ1v) is 12.6. The van der Waals surface area contributed by atoms with Crippen LogP contribution in [-0.4, -0.2) is 59.9 Å². The number of methoxy groups -OCH3 is 1. The summed E-state index contributed by atoms with van der Waals surface area (Å²) in [5.74, 6) is -0.318. The number of halogens is 1. The fourth-order valence-corrected chi connectivity index (χ4v) is 5.91. The normalized spacial score (nSPS) is 17.0. The standard InChI is InChI=1S/C22H26ClN5O4S/c1-32-12-4-10-27-20-9-8-18(14-19(20)25-26-27)33(30,31)28-11-3-7-21(28)22(29)24-15-16-5-2-6-17(23)13-16/h2,5-6,8-9,13-14,21H,3-4,7,10-12,15H2,1H3,(H,24,29)/t21-/m0/s1. The Balaban J connectivity index is 1.49. The summed E-state index contributed by atoms with van der Waals surface area (Å²) in [7, 11) is -2.23. The number of fused-ring (bicyclic) bond motifs is 1. The maximum absolute atomic E-state index is 13.4. The minimum Gasteiger partial charge on any atom is -0.385 e. The molecule has 1 N–H and O–H groups in total. The summed E-state index contributed by atoms with van der Waals surface area (Å²) in [4.78, 5) is 13.0. The molecule has 1 amide bonds. The molecule has 2 heterocycles. The van der Waals surface area contributed by atoms with Gasteiger partial charge in [-0.1, -0.05) is 28.9 Å². The predicted octanol–water partition coefficient (Wildman–Crippen LogP) is 2.59. The van der Waals surface area contributed by atoms with Crippen molar-refractivity contribution in [3.8, 4) is 0 Å². The van der Waals surface area contributed by atoms with Gasteiger partial charge in [-0.3, -0.25) is 4.79 Å². The van der Waals surface area contributed by atoms with Crippen molar-refractivity contribution in [1.82, 2.24) is 24.6 Å². The highest BCUT2D eigenvalue weighted by Gasteiger charge is 2.39. The van der Waals surface area contributed by atoms with E-state index >= 15 is 0 Å². The van der Waals surface area contributed by atoms with Gasteiger partial charge in [0.1, 0.15) is 11.6 Å². The largest absolute Gasteiger partial charge is 0.385 e. The molecule has 1 aliphatic heterocycles. The van der Waals surface area contributed by atoms with Crippen LogP contribution >= 0.6 is 11.6 Å². The van der Waals surface area contributed by atoms with E-state index in [0.717, 1.165) is 17.5 Å². The Hall–Kier alpha value is -2.53. The van der Waals surface area contributed by atoms with Gasteiger partial charge in [-0.05, 0) is 55.2 Å². The molecule has 1 atom stereocenters. The molecule has 1 fully saturated rings. The summed E-state index contributed by atoms with van der Waals surface area (Å²) in [6.07, 6.45) is 1.86. The van der Waals surface area contributed by atoms with Crippen molar-refractivity contribution in [3.05, 3.63) is 53.1 Å². The summed E-state index contributed by atoms with van der Waals surface area (Å²) >= 11 is 6.00. The number of aryl methyl sites for hydroxylation is 1. The van der Waals surface area contributed by atoms with Gasteiger partial charge in [-0.2, -0.15) is 4.31 Å². The first-order chi connectivity index (χ1) is 15.9. The van der Waals surface area contributed by atoms with Crippen LogP contribution in [0.2, 0.25) is 5.02 Å². The van der Waals surface area contributed by atoms with E-state index in [9.17, 15) is 13.2 Å². The molecule has 9 nitrogen and oxygen atoms in total. The van der Waals surface area contributed by atoms with Crippen molar-refractivity contribution in [2.75, 3.05) is 20.3 Å². The predicted molar refractivity (Wildman–Crippen MR) is 124 cm³/mol. The molecule has 2 aromatic carbocycles. The number of hydrogen-bond donors (Lipinski definition) is 1. The second kappa shape index (κ2) is 10.2. The first-order valence-electron chi connectivity index (χ1n) is 10.8. The lowest BCUT2D eigenvalue weighted by atomic mass is 10.2. The molecular formula is C22H26ClN5O4S. The van der Waals surface area contributed by atoms with Crippen molar-refractivity contribution in [3.63, 3.8) is 0 Å². The molecule has 1 saturated heterocycles. The van der Waals surface area contributed by atoms with Crippen LogP contribution in [0.3, 0.4) is 0 Å². The zero-order valence-electron chi connectivity index (χ0n) is 18.3. The number of ether oxygens (including phenoxy) is 1. The lowest BCUT2D eigenvalue weighted by Gasteiger charge is -2.23. The van der Waals surface area contributed by atoms with E-state index in [4.69, 9.17) is 16.3 Å². The van der Waals surface area contributed by atoms with Crippen molar-refractivity contribution in [1.29, 1.82) is 0 Å². The van der Waals surface area contributed by atoms with E-state index in [-0.39, 0.29) is 17.3 Å². The summed E-state index contributed by atoms with van der Waals surface area (Å²) in [5, 5.41) is 11.7. The van der Waals surface area contributed by atoms with E-state index < -0.39 is 16.1 Å². The van der Waals surface area contributed by atoms with Crippen LogP contribution in [0.25, 0.3) is 11.0 Å². The Labute approximate surface area is 197 Å². The zero-order valence-corrected chi connectivity index (χ0v) is 19.8. The number of amides is 1. The Morgan fingerprint density at radius 2 is 2.12 bits per heavy atom. The monoisotopic (exact) mass is 491 g/mol. The van der Waals surface area contributed by atoms with Gasteiger partial charge in [0.15, 0.2) is 0 Å². The molecular weight excluding hydrogens is 466 g/mol. The molecule has 33 heavy (non-hydrogen) atoms. The minimum atomic E-state index is -3.87. The molecule has 176 valence electrons. The highest BCUT2D eigenvalue weighted by molar-refractivity contribution is 7.89. The van der Waals surface area contributed by atoms with Crippen molar-refractivity contribution in [2.45, 2.75) is 43.3 Å². The molecule has 1 aromatic heterocycles. The number of carbonyl (C=O) groups is 1. The number of hydrogen-bond acceptors (Lipinski definition) is 6. The summed E-state index contributed by atoms with van der Waals surface area (Å²) in [5.41, 5.74) is 2.10. The summed E-state index contributed by atoms with van der Waals surface area (Å²) < 4.78 is 34.8. The summed E-state index contributed by atoms with van der Waals surface area (Å²) in [6, 6.07) is 11.2. The van der Waals surface area contributed by atoms with Crippen LogP contribution in [0.1, 0.15) is 24.8 Å². The Kier molecular flexibility index (Phi) is 7.28. The highest BCUT2D eigenvalue weighted by atomic mass is 35.5. The van der Waals surface area contributed by atoms with Gasteiger partial charge < -0.3 is 10.1 Å². The topological polar surface area (TPSA) is 106 Å². The van der Waals surface area contributed by atoms with Gasteiger partial charge in [-0.15, -0.1) is 5.10 Å². The molecule has 0 unspecified atom stereocenters. The number of rotatable bonds is 9. The lowest BCUT2D eigenvalue weighted by Crippen LogP contribution is -2.45. The SMILES string of the molecule is COCCCn1nnc2cc(S(=O)(=O)N3CCC[C@H]3C(=O)NCc3cccc(Cl)c3)ccc21. The molecule has 0 saturated carbocycles. The second-order valence-electron chi connectivity index (χ2n) is 7.93. The number of sulfonamides is 1. The van der Waals surface area contributed by atoms with Gasteiger partial charge in [-0.25, -0.2) is 13.1 Å². The van der Waals surface area contributed by atoms with Crippen LogP contribution in [0.4, 0.5) is 0 Å². The number of nitrogens with one attached hydrogen (secondary N) is 1. The van der Waals surface area contributed by atoms with Gasteiger partial charge in [0, 0.05) is 38.4 Å². The van der Waals surface area contributed by atoms with Crippen molar-refractivity contribution >= 4 is 38.6 Å². The third kappa shape index (κ3) is 5.19. The number of aromatic nitrogens is 3. The van der Waals surface area contributed by atoms with E-state index in [2.05, 4.69) is 15.6 Å². The number of benzene rings is 2. The molecule has 1 aliphatic rings.